The highest BCUT2D eigenvalue weighted by atomic mass is 16.5. The maximum absolute atomic E-state index is 10.4. The minimum atomic E-state index is 0.118. The van der Waals surface area contributed by atoms with Gasteiger partial charge in [-0.25, -0.2) is 0 Å². The van der Waals surface area contributed by atoms with Gasteiger partial charge in [-0.2, -0.15) is 15.0 Å². The molecule has 1 aromatic rings. The Morgan fingerprint density at radius 2 is 1.59 bits per heavy atom. The first-order valence-corrected chi connectivity index (χ1v) is 9.21. The summed E-state index contributed by atoms with van der Waals surface area (Å²) in [7, 11) is 0. The summed E-state index contributed by atoms with van der Waals surface area (Å²) in [5.41, 5.74) is 9.48. The molecule has 0 spiro atoms. The number of unbranched alkanes of at least 4 members (excludes halogenated alkanes) is 1. The number of nitrogens with one attached hydrogen (secondary N) is 5. The van der Waals surface area contributed by atoms with Gasteiger partial charge in [0.2, 0.25) is 30.7 Å². The van der Waals surface area contributed by atoms with E-state index < -0.39 is 0 Å². The number of carbonyl (C=O) groups is 2. The molecule has 0 aliphatic heterocycles. The Morgan fingerprint density at radius 3 is 2.15 bits per heavy atom. The maximum Gasteiger partial charge on any atom is 0.248 e. The molecule has 27 heavy (non-hydrogen) atoms. The summed E-state index contributed by atoms with van der Waals surface area (Å²) in [6.07, 6.45) is 6.51. The van der Waals surface area contributed by atoms with Gasteiger partial charge < -0.3 is 10.1 Å². The summed E-state index contributed by atoms with van der Waals surface area (Å²) in [5.74, 6) is 1.16. The Balaban J connectivity index is 2.39. The monoisotopic (exact) mass is 382 g/mol. The van der Waals surface area contributed by atoms with Crippen molar-refractivity contribution in [1.82, 2.24) is 25.8 Å². The number of amides is 2. The summed E-state index contributed by atoms with van der Waals surface area (Å²) in [5, 5.41) is 3.06. The second-order valence-electron chi connectivity index (χ2n) is 5.85. The van der Waals surface area contributed by atoms with Crippen molar-refractivity contribution < 1.29 is 14.3 Å². The number of anilines is 3. The van der Waals surface area contributed by atoms with Crippen molar-refractivity contribution in [3.8, 4) is 0 Å². The topological polar surface area (TPSA) is 142 Å². The molecule has 1 atom stereocenters. The first-order valence-electron chi connectivity index (χ1n) is 9.21. The lowest BCUT2D eigenvalue weighted by Crippen LogP contribution is -2.25. The summed E-state index contributed by atoms with van der Waals surface area (Å²) < 4.78 is 5.76. The largest absolute Gasteiger partial charge is 0.381 e. The van der Waals surface area contributed by atoms with Crippen LogP contribution in [0.3, 0.4) is 0 Å². The van der Waals surface area contributed by atoms with Gasteiger partial charge in [0.15, 0.2) is 0 Å². The Labute approximate surface area is 159 Å². The predicted molar refractivity (Wildman–Crippen MR) is 103 cm³/mol. The Morgan fingerprint density at radius 1 is 0.963 bits per heavy atom. The molecule has 1 unspecified atom stereocenters. The quantitative estimate of drug-likeness (QED) is 0.152. The lowest BCUT2D eigenvalue weighted by atomic mass is 10.0. The third-order valence-electron chi connectivity index (χ3n) is 3.77. The first kappa shape index (κ1) is 22.4. The van der Waals surface area contributed by atoms with Gasteiger partial charge in [0.1, 0.15) is 0 Å². The summed E-state index contributed by atoms with van der Waals surface area (Å²) in [4.78, 5) is 32.9. The van der Waals surface area contributed by atoms with Crippen LogP contribution in [-0.2, 0) is 14.3 Å². The van der Waals surface area contributed by atoms with Crippen LogP contribution < -0.4 is 27.0 Å². The molecule has 0 saturated heterocycles. The average Bonchev–Trinajstić information content (AvgIpc) is 2.69. The number of rotatable bonds is 17. The highest BCUT2D eigenvalue weighted by Gasteiger charge is 2.07. The third-order valence-corrected chi connectivity index (χ3v) is 3.77. The van der Waals surface area contributed by atoms with Crippen LogP contribution in [0.5, 0.6) is 0 Å². The van der Waals surface area contributed by atoms with Crippen LogP contribution in [0.2, 0.25) is 0 Å². The van der Waals surface area contributed by atoms with Crippen molar-refractivity contribution in [2.75, 3.05) is 35.9 Å². The Bertz CT molecular complexity index is 516. The van der Waals surface area contributed by atoms with Crippen LogP contribution in [0.25, 0.3) is 0 Å². The molecule has 0 radical (unpaired) electrons. The number of ether oxygens (including phenoxy) is 1. The number of hydrazine groups is 2. The van der Waals surface area contributed by atoms with Crippen LogP contribution in [0.1, 0.15) is 46.0 Å². The minimum absolute atomic E-state index is 0.118. The van der Waals surface area contributed by atoms with Crippen LogP contribution in [-0.4, -0.2) is 47.5 Å². The third kappa shape index (κ3) is 10.1. The van der Waals surface area contributed by atoms with Gasteiger partial charge >= 0.3 is 0 Å². The van der Waals surface area contributed by atoms with Crippen molar-refractivity contribution in [3.05, 3.63) is 0 Å². The van der Waals surface area contributed by atoms with E-state index in [0.717, 1.165) is 19.4 Å². The fourth-order valence-corrected chi connectivity index (χ4v) is 2.28. The fourth-order valence-electron chi connectivity index (χ4n) is 2.28. The van der Waals surface area contributed by atoms with Crippen molar-refractivity contribution in [2.24, 2.45) is 5.92 Å². The second-order valence-corrected chi connectivity index (χ2v) is 5.85. The molecule has 0 aliphatic rings. The van der Waals surface area contributed by atoms with Crippen LogP contribution >= 0.6 is 0 Å². The Kier molecular flexibility index (Phi) is 12.0. The van der Waals surface area contributed by atoms with Gasteiger partial charge in [-0.1, -0.05) is 33.1 Å². The molecule has 0 bridgehead atoms. The van der Waals surface area contributed by atoms with E-state index in [1.165, 1.54) is 19.3 Å². The van der Waals surface area contributed by atoms with Gasteiger partial charge in [-0.15, -0.1) is 0 Å². The molecule has 0 fully saturated rings. The first-order chi connectivity index (χ1) is 13.2. The van der Waals surface area contributed by atoms with Gasteiger partial charge in [-0.05, 0) is 18.8 Å². The van der Waals surface area contributed by atoms with Crippen LogP contribution in [0, 0.1) is 5.92 Å². The molecule has 1 rings (SSSR count). The van der Waals surface area contributed by atoms with E-state index >= 15 is 0 Å². The summed E-state index contributed by atoms with van der Waals surface area (Å²) in [6.45, 7) is 6.45. The molecule has 11 nitrogen and oxygen atoms in total. The summed E-state index contributed by atoms with van der Waals surface area (Å²) >= 11 is 0. The molecule has 0 saturated carbocycles. The van der Waals surface area contributed by atoms with Crippen LogP contribution in [0.4, 0.5) is 17.8 Å². The number of hydrogen-bond acceptors (Lipinski definition) is 9. The van der Waals surface area contributed by atoms with E-state index in [2.05, 4.69) is 55.8 Å². The summed E-state index contributed by atoms with van der Waals surface area (Å²) in [6, 6.07) is 0. The van der Waals surface area contributed by atoms with E-state index in [0.29, 0.717) is 37.8 Å². The molecule has 1 heterocycles. The number of aromatic nitrogens is 3. The number of hydrogen-bond donors (Lipinski definition) is 5. The van der Waals surface area contributed by atoms with Crippen molar-refractivity contribution in [2.45, 2.75) is 46.0 Å². The molecular weight excluding hydrogens is 352 g/mol. The van der Waals surface area contributed by atoms with Gasteiger partial charge in [0, 0.05) is 19.8 Å². The zero-order chi connectivity index (χ0) is 19.7. The highest BCUT2D eigenvalue weighted by molar-refractivity contribution is 5.52. The smallest absolute Gasteiger partial charge is 0.248 e. The van der Waals surface area contributed by atoms with E-state index in [9.17, 15) is 9.59 Å². The van der Waals surface area contributed by atoms with E-state index in [1.807, 2.05) is 0 Å². The molecule has 1 aromatic heterocycles. The van der Waals surface area contributed by atoms with Crippen LogP contribution in [0.15, 0.2) is 0 Å². The zero-order valence-corrected chi connectivity index (χ0v) is 16.0. The molecule has 152 valence electrons. The Hall–Kier alpha value is -2.69. The maximum atomic E-state index is 10.4. The van der Waals surface area contributed by atoms with Crippen molar-refractivity contribution in [1.29, 1.82) is 0 Å². The van der Waals surface area contributed by atoms with Gasteiger partial charge in [0.05, 0.1) is 0 Å². The lowest BCUT2D eigenvalue weighted by molar-refractivity contribution is -0.109. The molecule has 2 amide bonds. The highest BCUT2D eigenvalue weighted by Crippen LogP contribution is 2.13. The fraction of sp³-hybridized carbons (Fsp3) is 0.688. The predicted octanol–water partition coefficient (Wildman–Crippen LogP) is 1.05. The minimum Gasteiger partial charge on any atom is -0.381 e. The zero-order valence-electron chi connectivity index (χ0n) is 16.0. The average molecular weight is 382 g/mol. The molecule has 11 heteroatoms. The molecule has 0 aliphatic carbocycles. The normalized spacial score (nSPS) is 11.3. The number of carbonyl (C=O) groups excluding carboxylic acids is 2. The number of nitrogens with zero attached hydrogens (tertiary/aromatic N) is 3. The molecule has 0 aromatic carbocycles. The SMILES string of the molecule is CCCCC(CC)COCCCNc1nc(NNC=O)nc(NNC=O)n1. The van der Waals surface area contributed by atoms with Crippen molar-refractivity contribution >= 4 is 30.7 Å². The molecule has 5 N–H and O–H groups in total. The van der Waals surface area contributed by atoms with E-state index in [1.54, 1.807) is 0 Å². The van der Waals surface area contributed by atoms with E-state index in [4.69, 9.17) is 4.74 Å². The van der Waals surface area contributed by atoms with Gasteiger partial charge in [0.25, 0.3) is 0 Å². The van der Waals surface area contributed by atoms with E-state index in [-0.39, 0.29) is 11.9 Å². The second kappa shape index (κ2) is 14.5. The van der Waals surface area contributed by atoms with Crippen molar-refractivity contribution in [3.63, 3.8) is 0 Å². The van der Waals surface area contributed by atoms with Gasteiger partial charge in [-0.3, -0.25) is 31.3 Å². The lowest BCUT2D eigenvalue weighted by Gasteiger charge is -2.14. The molecular formula is C16H30N8O3. The standard InChI is InChI=1S/C16H30N8O3/c1-3-5-7-13(4-2)10-27-9-6-8-17-14-20-15(23-18-11-25)22-16(21-14)24-19-12-26/h11-13H,3-10H2,1-2H3,(H,18,25)(H,19,26)(H3,17,20,21,22,23,24).